The van der Waals surface area contributed by atoms with Crippen LogP contribution in [0.4, 0.5) is 0 Å². The largest absolute Gasteiger partial charge is 0.335 e. The lowest BCUT2D eigenvalue weighted by atomic mass is 9.97. The van der Waals surface area contributed by atoms with Crippen molar-refractivity contribution in [3.8, 4) is 0 Å². The van der Waals surface area contributed by atoms with Crippen LogP contribution in [-0.4, -0.2) is 64.3 Å². The maximum Gasteiger partial charge on any atom is 0.275 e. The predicted molar refractivity (Wildman–Crippen MR) is 100 cm³/mol. The van der Waals surface area contributed by atoms with E-state index >= 15 is 0 Å². The van der Waals surface area contributed by atoms with E-state index in [1.54, 1.807) is 0 Å². The van der Waals surface area contributed by atoms with E-state index in [4.69, 9.17) is 11.6 Å². The standard InChI is InChI=1S/C16H24ClN5O.C2H6/c1-20-7-3-8-22-12(10-20)13(17)14(19-22)15(23)21-9-5-16(11-21)4-2-6-18-16;1-2/h18H,2-11H2,1H3;1-2H3. The Hall–Kier alpha value is -1.11. The molecule has 2 saturated heterocycles. The quantitative estimate of drug-likeness (QED) is 0.828. The SMILES string of the molecule is CC.CN1CCCn2nc(C(=O)N3CCC4(CCCN4)C3)c(Cl)c2C1. The van der Waals surface area contributed by atoms with E-state index in [1.165, 1.54) is 6.42 Å². The van der Waals surface area contributed by atoms with Crippen LogP contribution in [0.1, 0.15) is 55.7 Å². The van der Waals surface area contributed by atoms with Crippen LogP contribution >= 0.6 is 11.6 Å². The molecule has 3 aliphatic heterocycles. The number of halogens is 1. The fourth-order valence-electron chi connectivity index (χ4n) is 4.19. The van der Waals surface area contributed by atoms with Gasteiger partial charge in [-0.25, -0.2) is 0 Å². The van der Waals surface area contributed by atoms with Gasteiger partial charge in [0.05, 0.1) is 10.7 Å². The van der Waals surface area contributed by atoms with Crippen LogP contribution in [-0.2, 0) is 13.1 Å². The molecule has 0 bridgehead atoms. The summed E-state index contributed by atoms with van der Waals surface area (Å²) in [5.74, 6) is -0.0104. The molecule has 1 spiro atoms. The normalized spacial score (nSPS) is 26.3. The van der Waals surface area contributed by atoms with Crippen LogP contribution in [0.2, 0.25) is 5.02 Å². The lowest BCUT2D eigenvalue weighted by Crippen LogP contribution is -2.43. The van der Waals surface area contributed by atoms with Crippen LogP contribution in [0.25, 0.3) is 0 Å². The molecular formula is C18H30ClN5O. The summed E-state index contributed by atoms with van der Waals surface area (Å²) in [5, 5.41) is 8.68. The van der Waals surface area contributed by atoms with Crippen LogP contribution in [0.5, 0.6) is 0 Å². The molecule has 1 aromatic heterocycles. The van der Waals surface area contributed by atoms with Crippen molar-refractivity contribution in [2.75, 3.05) is 33.2 Å². The molecule has 1 unspecified atom stereocenters. The molecular weight excluding hydrogens is 338 g/mol. The van der Waals surface area contributed by atoms with E-state index in [9.17, 15) is 4.79 Å². The Morgan fingerprint density at radius 1 is 1.20 bits per heavy atom. The molecule has 0 radical (unpaired) electrons. The van der Waals surface area contributed by atoms with Gasteiger partial charge in [-0.05, 0) is 39.3 Å². The van der Waals surface area contributed by atoms with Gasteiger partial charge in [0.1, 0.15) is 0 Å². The van der Waals surface area contributed by atoms with Gasteiger partial charge in [-0.15, -0.1) is 0 Å². The fourth-order valence-corrected chi connectivity index (χ4v) is 4.46. The first-order valence-corrected chi connectivity index (χ1v) is 9.94. The second kappa shape index (κ2) is 7.64. The van der Waals surface area contributed by atoms with Gasteiger partial charge in [-0.2, -0.15) is 5.10 Å². The van der Waals surface area contributed by atoms with Crippen LogP contribution in [0.3, 0.4) is 0 Å². The molecule has 1 aromatic rings. The van der Waals surface area contributed by atoms with E-state index in [0.29, 0.717) is 10.7 Å². The summed E-state index contributed by atoms with van der Waals surface area (Å²) in [6.07, 6.45) is 4.43. The highest BCUT2D eigenvalue weighted by Gasteiger charge is 2.42. The summed E-state index contributed by atoms with van der Waals surface area (Å²) < 4.78 is 1.93. The molecule has 7 heteroatoms. The summed E-state index contributed by atoms with van der Waals surface area (Å²) in [4.78, 5) is 17.1. The minimum absolute atomic E-state index is 0.0104. The Bertz CT molecular complexity index is 623. The van der Waals surface area contributed by atoms with Crippen molar-refractivity contribution in [1.29, 1.82) is 0 Å². The molecule has 3 aliphatic rings. The summed E-state index contributed by atoms with van der Waals surface area (Å²) in [7, 11) is 2.08. The maximum atomic E-state index is 12.9. The number of likely N-dealkylation sites (tertiary alicyclic amines) is 1. The van der Waals surface area contributed by atoms with E-state index < -0.39 is 0 Å². The summed E-state index contributed by atoms with van der Waals surface area (Å²) in [6.45, 7) is 9.26. The van der Waals surface area contributed by atoms with E-state index in [0.717, 1.165) is 64.2 Å². The molecule has 1 amide bonds. The highest BCUT2D eigenvalue weighted by atomic mass is 35.5. The lowest BCUT2D eigenvalue weighted by molar-refractivity contribution is 0.0775. The number of carbonyl (C=O) groups excluding carboxylic acids is 1. The zero-order chi connectivity index (χ0) is 18.0. The van der Waals surface area contributed by atoms with Crippen molar-refractivity contribution >= 4 is 17.5 Å². The highest BCUT2D eigenvalue weighted by molar-refractivity contribution is 6.34. The molecule has 4 rings (SSSR count). The molecule has 1 atom stereocenters. The van der Waals surface area contributed by atoms with Crippen LogP contribution in [0.15, 0.2) is 0 Å². The van der Waals surface area contributed by atoms with Gasteiger partial charge in [-0.3, -0.25) is 9.48 Å². The van der Waals surface area contributed by atoms with Gasteiger partial charge in [0, 0.05) is 38.3 Å². The van der Waals surface area contributed by atoms with E-state index in [-0.39, 0.29) is 11.4 Å². The molecule has 6 nitrogen and oxygen atoms in total. The Morgan fingerprint density at radius 2 is 2.00 bits per heavy atom. The van der Waals surface area contributed by atoms with E-state index in [1.807, 2.05) is 23.4 Å². The number of aryl methyl sites for hydroxylation is 1. The number of fused-ring (bicyclic) bond motifs is 1. The van der Waals surface area contributed by atoms with Crippen molar-refractivity contribution in [3.63, 3.8) is 0 Å². The third-order valence-electron chi connectivity index (χ3n) is 5.50. The number of carbonyl (C=O) groups is 1. The molecule has 140 valence electrons. The predicted octanol–water partition coefficient (Wildman–Crippen LogP) is 2.37. The Kier molecular flexibility index (Phi) is 5.71. The Labute approximate surface area is 155 Å². The third-order valence-corrected chi connectivity index (χ3v) is 5.90. The fraction of sp³-hybridized carbons (Fsp3) is 0.778. The van der Waals surface area contributed by atoms with Crippen molar-refractivity contribution in [3.05, 3.63) is 16.4 Å². The first kappa shape index (κ1) is 18.7. The van der Waals surface area contributed by atoms with E-state index in [2.05, 4.69) is 22.4 Å². The second-order valence-electron chi connectivity index (χ2n) is 7.21. The number of nitrogens with zero attached hydrogens (tertiary/aromatic N) is 4. The first-order chi connectivity index (χ1) is 12.1. The van der Waals surface area contributed by atoms with Gasteiger partial charge < -0.3 is 15.1 Å². The summed E-state index contributed by atoms with van der Waals surface area (Å²) in [5.41, 5.74) is 1.55. The number of rotatable bonds is 1. The average Bonchev–Trinajstić information content (AvgIpc) is 3.30. The smallest absolute Gasteiger partial charge is 0.275 e. The first-order valence-electron chi connectivity index (χ1n) is 9.56. The zero-order valence-electron chi connectivity index (χ0n) is 15.6. The monoisotopic (exact) mass is 367 g/mol. The summed E-state index contributed by atoms with van der Waals surface area (Å²) in [6, 6.07) is 0. The van der Waals surface area contributed by atoms with Crippen LogP contribution < -0.4 is 5.32 Å². The molecule has 0 saturated carbocycles. The number of hydrogen-bond acceptors (Lipinski definition) is 4. The molecule has 4 heterocycles. The molecule has 0 aliphatic carbocycles. The number of nitrogens with one attached hydrogen (secondary N) is 1. The number of aromatic nitrogens is 2. The molecule has 2 fully saturated rings. The summed E-state index contributed by atoms with van der Waals surface area (Å²) >= 11 is 6.53. The van der Waals surface area contributed by atoms with Gasteiger partial charge >= 0.3 is 0 Å². The minimum atomic E-state index is -0.0104. The van der Waals surface area contributed by atoms with Gasteiger partial charge in [0.15, 0.2) is 5.69 Å². The Morgan fingerprint density at radius 3 is 2.72 bits per heavy atom. The minimum Gasteiger partial charge on any atom is -0.335 e. The van der Waals surface area contributed by atoms with Crippen molar-refractivity contribution in [1.82, 2.24) is 24.9 Å². The number of hydrogen-bond donors (Lipinski definition) is 1. The molecule has 1 N–H and O–H groups in total. The molecule has 0 aromatic carbocycles. The van der Waals surface area contributed by atoms with Crippen molar-refractivity contribution < 1.29 is 4.79 Å². The third kappa shape index (κ3) is 3.57. The average molecular weight is 368 g/mol. The van der Waals surface area contributed by atoms with Gasteiger partial charge in [-0.1, -0.05) is 25.4 Å². The lowest BCUT2D eigenvalue weighted by Gasteiger charge is -2.24. The second-order valence-corrected chi connectivity index (χ2v) is 7.59. The van der Waals surface area contributed by atoms with Crippen LogP contribution in [0, 0.1) is 0 Å². The van der Waals surface area contributed by atoms with Crippen molar-refractivity contribution in [2.24, 2.45) is 0 Å². The van der Waals surface area contributed by atoms with Crippen molar-refractivity contribution in [2.45, 2.75) is 58.2 Å². The maximum absolute atomic E-state index is 12.9. The topological polar surface area (TPSA) is 53.4 Å². The van der Waals surface area contributed by atoms with Gasteiger partial charge in [0.2, 0.25) is 0 Å². The number of amides is 1. The highest BCUT2D eigenvalue weighted by Crippen LogP contribution is 2.32. The Balaban J connectivity index is 0.000000880. The van der Waals surface area contributed by atoms with Gasteiger partial charge in [0.25, 0.3) is 5.91 Å². The molecule has 25 heavy (non-hydrogen) atoms. The zero-order valence-corrected chi connectivity index (χ0v) is 16.4.